The summed E-state index contributed by atoms with van der Waals surface area (Å²) in [5.74, 6) is -1.54. The third-order valence-corrected chi connectivity index (χ3v) is 8.26. The van der Waals surface area contributed by atoms with Gasteiger partial charge in [0.2, 0.25) is 0 Å². The number of likely N-dealkylation sites (tertiary alicyclic amines) is 1. The molecule has 0 bridgehead atoms. The van der Waals surface area contributed by atoms with Gasteiger partial charge in [-0.05, 0) is 71.5 Å². The number of ether oxygens (including phenoxy) is 4. The van der Waals surface area contributed by atoms with Crippen molar-refractivity contribution in [2.45, 2.75) is 160 Å². The molecule has 2 aliphatic rings. The average Bonchev–Trinajstić information content (AvgIpc) is 3.61. The number of rotatable bonds is 25. The number of unbranched alkanes of at least 4 members (excludes halogenated alkanes) is 13. The fourth-order valence-corrected chi connectivity index (χ4v) is 5.73. The van der Waals surface area contributed by atoms with E-state index in [0.717, 1.165) is 64.3 Å². The maximum absolute atomic E-state index is 12.6. The number of nitrogens with zero attached hydrogens (tertiary/aromatic N) is 1. The van der Waals surface area contributed by atoms with Crippen LogP contribution in [0.2, 0.25) is 0 Å². The van der Waals surface area contributed by atoms with E-state index in [0.29, 0.717) is 32.3 Å². The Labute approximate surface area is 249 Å². The second kappa shape index (κ2) is 22.1. The molecule has 3 atom stereocenters. The predicted octanol–water partition coefficient (Wildman–Crippen LogP) is 6.91. The van der Waals surface area contributed by atoms with Crippen LogP contribution in [0, 0.1) is 0 Å². The SMILES string of the molecule is CCCCCCCCCCCC(=O)OCCCCCCCOC(=O)C1OC(C)(CCCCN2CCCC2)OC1C=O. The van der Waals surface area contributed by atoms with E-state index in [4.69, 9.17) is 18.9 Å². The lowest BCUT2D eigenvalue weighted by molar-refractivity contribution is -0.180. The molecule has 0 spiro atoms. The van der Waals surface area contributed by atoms with Gasteiger partial charge >= 0.3 is 11.9 Å². The molecule has 2 aliphatic heterocycles. The summed E-state index contributed by atoms with van der Waals surface area (Å²) in [7, 11) is 0. The summed E-state index contributed by atoms with van der Waals surface area (Å²) >= 11 is 0. The first kappa shape index (κ1) is 35.7. The molecular formula is C33H59NO7. The monoisotopic (exact) mass is 581 g/mol. The molecule has 2 rings (SSSR count). The minimum atomic E-state index is -0.999. The molecule has 8 nitrogen and oxygen atoms in total. The Bertz CT molecular complexity index is 712. The zero-order valence-electron chi connectivity index (χ0n) is 26.2. The quantitative estimate of drug-likeness (QED) is 0.0653. The van der Waals surface area contributed by atoms with Crippen molar-refractivity contribution in [2.75, 3.05) is 32.8 Å². The van der Waals surface area contributed by atoms with Crippen molar-refractivity contribution in [2.24, 2.45) is 0 Å². The van der Waals surface area contributed by atoms with Crippen molar-refractivity contribution in [1.29, 1.82) is 0 Å². The van der Waals surface area contributed by atoms with Gasteiger partial charge in [-0.15, -0.1) is 0 Å². The molecule has 0 radical (unpaired) electrons. The molecule has 0 N–H and O–H groups in total. The van der Waals surface area contributed by atoms with E-state index in [9.17, 15) is 14.4 Å². The molecule has 238 valence electrons. The van der Waals surface area contributed by atoms with Gasteiger partial charge in [-0.2, -0.15) is 0 Å². The molecule has 0 aromatic carbocycles. The first-order valence-electron chi connectivity index (χ1n) is 16.8. The Morgan fingerprint density at radius 1 is 0.780 bits per heavy atom. The minimum Gasteiger partial charge on any atom is -0.466 e. The maximum Gasteiger partial charge on any atom is 0.338 e. The molecule has 0 aliphatic carbocycles. The number of carbonyl (C=O) groups excluding carboxylic acids is 3. The number of hydrogen-bond donors (Lipinski definition) is 0. The third kappa shape index (κ3) is 16.1. The van der Waals surface area contributed by atoms with E-state index in [1.807, 2.05) is 0 Å². The smallest absolute Gasteiger partial charge is 0.338 e. The van der Waals surface area contributed by atoms with Gasteiger partial charge in [-0.3, -0.25) is 4.79 Å². The largest absolute Gasteiger partial charge is 0.466 e. The lowest BCUT2D eigenvalue weighted by Crippen LogP contribution is -2.34. The van der Waals surface area contributed by atoms with Crippen molar-refractivity contribution in [3.8, 4) is 0 Å². The number of esters is 2. The van der Waals surface area contributed by atoms with Gasteiger partial charge in [0.15, 0.2) is 24.3 Å². The van der Waals surface area contributed by atoms with Crippen LogP contribution in [0.3, 0.4) is 0 Å². The highest BCUT2D eigenvalue weighted by molar-refractivity contribution is 5.80. The van der Waals surface area contributed by atoms with E-state index >= 15 is 0 Å². The van der Waals surface area contributed by atoms with Gasteiger partial charge in [0.1, 0.15) is 0 Å². The molecule has 41 heavy (non-hydrogen) atoms. The summed E-state index contributed by atoms with van der Waals surface area (Å²) in [6, 6.07) is 0. The Kier molecular flexibility index (Phi) is 19.2. The summed E-state index contributed by atoms with van der Waals surface area (Å²) in [5.41, 5.74) is 0. The Morgan fingerprint density at radius 2 is 1.37 bits per heavy atom. The molecule has 2 heterocycles. The van der Waals surface area contributed by atoms with Gasteiger partial charge in [-0.25, -0.2) is 4.79 Å². The summed E-state index contributed by atoms with van der Waals surface area (Å²) < 4.78 is 22.5. The highest BCUT2D eigenvalue weighted by Gasteiger charge is 2.48. The fourth-order valence-electron chi connectivity index (χ4n) is 5.73. The van der Waals surface area contributed by atoms with Crippen LogP contribution >= 0.6 is 0 Å². The highest BCUT2D eigenvalue weighted by Crippen LogP contribution is 2.33. The normalized spacial score (nSPS) is 22.7. The topological polar surface area (TPSA) is 91.4 Å². The van der Waals surface area contributed by atoms with Crippen LogP contribution in [-0.4, -0.2) is 74.0 Å². The van der Waals surface area contributed by atoms with Crippen molar-refractivity contribution in [3.05, 3.63) is 0 Å². The lowest BCUT2D eigenvalue weighted by Gasteiger charge is -2.23. The van der Waals surface area contributed by atoms with E-state index in [-0.39, 0.29) is 5.97 Å². The zero-order valence-corrected chi connectivity index (χ0v) is 26.2. The number of aldehydes is 1. The molecule has 0 amide bonds. The number of hydrogen-bond acceptors (Lipinski definition) is 8. The summed E-state index contributed by atoms with van der Waals surface area (Å²) in [6.07, 6.45) is 20.1. The van der Waals surface area contributed by atoms with Crippen molar-refractivity contribution >= 4 is 18.2 Å². The molecule has 2 saturated heterocycles. The second-order valence-corrected chi connectivity index (χ2v) is 12.1. The minimum absolute atomic E-state index is 0.0789. The summed E-state index contributed by atoms with van der Waals surface area (Å²) in [4.78, 5) is 38.5. The van der Waals surface area contributed by atoms with Crippen LogP contribution < -0.4 is 0 Å². The first-order valence-corrected chi connectivity index (χ1v) is 16.8. The second-order valence-electron chi connectivity index (χ2n) is 12.1. The Morgan fingerprint density at radius 3 is 2.00 bits per heavy atom. The molecule has 0 aromatic heterocycles. The Balaban J connectivity index is 1.42. The number of carbonyl (C=O) groups is 3. The van der Waals surface area contributed by atoms with Crippen LogP contribution in [-0.2, 0) is 33.3 Å². The van der Waals surface area contributed by atoms with Gasteiger partial charge in [0, 0.05) is 12.8 Å². The van der Waals surface area contributed by atoms with Gasteiger partial charge in [0.25, 0.3) is 0 Å². The third-order valence-electron chi connectivity index (χ3n) is 8.26. The van der Waals surface area contributed by atoms with Crippen LogP contribution in [0.5, 0.6) is 0 Å². The van der Waals surface area contributed by atoms with Crippen LogP contribution in [0.1, 0.15) is 142 Å². The molecule has 0 saturated carbocycles. The van der Waals surface area contributed by atoms with Crippen LogP contribution in [0.4, 0.5) is 0 Å². The molecule has 2 fully saturated rings. The van der Waals surface area contributed by atoms with E-state index in [1.54, 1.807) is 6.92 Å². The molecule has 8 heteroatoms. The standard InChI is InChI=1S/C33H59NO7/c1-3-4-5-6-7-8-9-11-14-21-30(36)38-26-19-12-10-13-20-27-39-32(37)31-29(28-35)40-33(2,41-31)22-15-16-23-34-24-17-18-25-34/h28-29,31H,3-27H2,1-2H3. The fraction of sp³-hybridized carbons (Fsp3) is 0.909. The van der Waals surface area contributed by atoms with E-state index < -0.39 is 24.0 Å². The molecular weight excluding hydrogens is 522 g/mol. The van der Waals surface area contributed by atoms with E-state index in [2.05, 4.69) is 11.8 Å². The first-order chi connectivity index (χ1) is 20.0. The van der Waals surface area contributed by atoms with Crippen molar-refractivity contribution in [1.82, 2.24) is 4.90 Å². The summed E-state index contributed by atoms with van der Waals surface area (Å²) in [5, 5.41) is 0. The molecule has 3 unspecified atom stereocenters. The predicted molar refractivity (Wildman–Crippen MR) is 161 cm³/mol. The highest BCUT2D eigenvalue weighted by atomic mass is 16.8. The van der Waals surface area contributed by atoms with Gasteiger partial charge < -0.3 is 28.6 Å². The molecule has 0 aromatic rings. The van der Waals surface area contributed by atoms with Gasteiger partial charge in [0.05, 0.1) is 13.2 Å². The maximum atomic E-state index is 12.6. The van der Waals surface area contributed by atoms with Gasteiger partial charge in [-0.1, -0.05) is 77.6 Å². The average molecular weight is 582 g/mol. The Hall–Kier alpha value is -1.51. The van der Waals surface area contributed by atoms with E-state index in [1.165, 1.54) is 70.9 Å². The van der Waals surface area contributed by atoms with Crippen molar-refractivity contribution in [3.63, 3.8) is 0 Å². The summed E-state index contributed by atoms with van der Waals surface area (Å²) in [6.45, 7) is 8.26. The van der Waals surface area contributed by atoms with Crippen LogP contribution in [0.15, 0.2) is 0 Å². The van der Waals surface area contributed by atoms with Crippen molar-refractivity contribution < 1.29 is 33.3 Å². The van der Waals surface area contributed by atoms with Crippen LogP contribution in [0.25, 0.3) is 0 Å². The zero-order chi connectivity index (χ0) is 29.6. The lowest BCUT2D eigenvalue weighted by atomic mass is 10.1.